The monoisotopic (exact) mass is 443 g/mol. The van der Waals surface area contributed by atoms with E-state index >= 15 is 0 Å². The smallest absolute Gasteiger partial charge is 0.248 e. The van der Waals surface area contributed by atoms with Gasteiger partial charge in [0, 0.05) is 18.0 Å². The molecule has 0 fully saturated rings. The minimum atomic E-state index is -0.294. The number of amides is 1. The van der Waals surface area contributed by atoms with Crippen molar-refractivity contribution in [2.24, 2.45) is 0 Å². The Bertz CT molecular complexity index is 1250. The van der Waals surface area contributed by atoms with E-state index in [0.717, 1.165) is 11.1 Å². The first-order valence-corrected chi connectivity index (χ1v) is 10.2. The molecule has 2 heterocycles. The summed E-state index contributed by atoms with van der Waals surface area (Å²) in [6, 6.07) is 14.1. The molecule has 1 N–H and O–H groups in total. The van der Waals surface area contributed by atoms with Crippen molar-refractivity contribution in [1.82, 2.24) is 4.98 Å². The molecule has 0 spiro atoms. The molecule has 0 saturated carbocycles. The third-order valence-electron chi connectivity index (χ3n) is 4.84. The number of carbonyl (C=O) groups excluding carboxylic acids is 1. The SMILES string of the molecule is COc1cc(/C=C/C(=O)Nc2ccc(Oc3ncccc3C#N)cc2C)cc2c1OCCO2. The van der Waals surface area contributed by atoms with Gasteiger partial charge in [-0.3, -0.25) is 4.79 Å². The van der Waals surface area contributed by atoms with Crippen molar-refractivity contribution in [3.8, 4) is 34.9 Å². The van der Waals surface area contributed by atoms with Crippen LogP contribution in [0.4, 0.5) is 5.69 Å². The van der Waals surface area contributed by atoms with Crippen LogP contribution >= 0.6 is 0 Å². The Morgan fingerprint density at radius 2 is 2.06 bits per heavy atom. The lowest BCUT2D eigenvalue weighted by atomic mass is 10.1. The van der Waals surface area contributed by atoms with Crippen LogP contribution in [0.1, 0.15) is 16.7 Å². The topological polar surface area (TPSA) is 103 Å². The highest BCUT2D eigenvalue weighted by Gasteiger charge is 2.18. The number of hydrogen-bond donors (Lipinski definition) is 1. The number of ether oxygens (including phenoxy) is 4. The molecule has 0 atom stereocenters. The van der Waals surface area contributed by atoms with Crippen molar-refractivity contribution in [3.05, 3.63) is 71.4 Å². The molecule has 1 aliphatic heterocycles. The summed E-state index contributed by atoms with van der Waals surface area (Å²) in [5.41, 5.74) is 2.52. The quantitative estimate of drug-likeness (QED) is 0.560. The minimum Gasteiger partial charge on any atom is -0.493 e. The van der Waals surface area contributed by atoms with Crippen LogP contribution in [0.5, 0.6) is 28.9 Å². The lowest BCUT2D eigenvalue weighted by Crippen LogP contribution is -2.16. The van der Waals surface area contributed by atoms with Gasteiger partial charge in [-0.2, -0.15) is 5.26 Å². The van der Waals surface area contributed by atoms with E-state index in [0.29, 0.717) is 47.5 Å². The number of aryl methyl sites for hydroxylation is 1. The standard InChI is InChI=1S/C25H21N3O5/c1-16-12-19(33-25-18(15-26)4-3-9-27-25)6-7-20(16)28-23(29)8-5-17-13-21(30-2)24-22(14-17)31-10-11-32-24/h3-9,12-14H,10-11H2,1-2H3,(H,28,29)/b8-5+. The van der Waals surface area contributed by atoms with Gasteiger partial charge < -0.3 is 24.3 Å². The second-order valence-electron chi connectivity index (χ2n) is 7.12. The zero-order chi connectivity index (χ0) is 23.2. The van der Waals surface area contributed by atoms with Crippen molar-refractivity contribution >= 4 is 17.7 Å². The van der Waals surface area contributed by atoms with Gasteiger partial charge in [-0.05, 0) is 66.6 Å². The van der Waals surface area contributed by atoms with Crippen molar-refractivity contribution in [2.45, 2.75) is 6.92 Å². The van der Waals surface area contributed by atoms with Crippen LogP contribution in [0.25, 0.3) is 6.08 Å². The number of pyridine rings is 1. The Balaban J connectivity index is 1.44. The highest BCUT2D eigenvalue weighted by atomic mass is 16.6. The van der Waals surface area contributed by atoms with Crippen LogP contribution in [0.3, 0.4) is 0 Å². The molecule has 0 unspecified atom stereocenters. The Morgan fingerprint density at radius 3 is 2.85 bits per heavy atom. The van der Waals surface area contributed by atoms with E-state index in [-0.39, 0.29) is 11.8 Å². The number of nitriles is 1. The molecule has 2 aromatic carbocycles. The summed E-state index contributed by atoms with van der Waals surface area (Å²) in [6.45, 7) is 2.77. The van der Waals surface area contributed by atoms with Gasteiger partial charge in [0.25, 0.3) is 0 Å². The molecule has 0 aliphatic carbocycles. The summed E-state index contributed by atoms with van der Waals surface area (Å²) in [5, 5.41) is 12.0. The normalized spacial score (nSPS) is 12.2. The summed E-state index contributed by atoms with van der Waals surface area (Å²) < 4.78 is 22.3. The number of anilines is 1. The Labute approximate surface area is 191 Å². The molecule has 166 valence electrons. The Hall–Kier alpha value is -4.51. The third kappa shape index (κ3) is 5.05. The van der Waals surface area contributed by atoms with E-state index in [1.807, 2.05) is 13.0 Å². The van der Waals surface area contributed by atoms with Gasteiger partial charge >= 0.3 is 0 Å². The molecular formula is C25H21N3O5. The lowest BCUT2D eigenvalue weighted by molar-refractivity contribution is -0.111. The van der Waals surface area contributed by atoms with Crippen LogP contribution in [0.2, 0.25) is 0 Å². The molecule has 8 heteroatoms. The Morgan fingerprint density at radius 1 is 1.21 bits per heavy atom. The molecule has 1 aromatic heterocycles. The number of nitrogens with zero attached hydrogens (tertiary/aromatic N) is 2. The average Bonchev–Trinajstić information content (AvgIpc) is 2.84. The second kappa shape index (κ2) is 9.75. The molecule has 4 rings (SSSR count). The molecule has 8 nitrogen and oxygen atoms in total. The van der Waals surface area contributed by atoms with Crippen LogP contribution in [-0.2, 0) is 4.79 Å². The van der Waals surface area contributed by atoms with E-state index in [9.17, 15) is 10.1 Å². The minimum absolute atomic E-state index is 0.231. The summed E-state index contributed by atoms with van der Waals surface area (Å²) in [6.07, 6.45) is 4.66. The fourth-order valence-corrected chi connectivity index (χ4v) is 3.24. The highest BCUT2D eigenvalue weighted by molar-refractivity contribution is 6.02. The molecule has 1 aliphatic rings. The molecule has 1 amide bonds. The van der Waals surface area contributed by atoms with Gasteiger partial charge in [-0.25, -0.2) is 4.98 Å². The first-order chi connectivity index (χ1) is 16.1. The van der Waals surface area contributed by atoms with Crippen molar-refractivity contribution in [3.63, 3.8) is 0 Å². The summed E-state index contributed by atoms with van der Waals surface area (Å²) in [5.74, 6) is 2.15. The van der Waals surface area contributed by atoms with Crippen LogP contribution in [0.15, 0.2) is 54.7 Å². The van der Waals surface area contributed by atoms with Crippen molar-refractivity contribution in [1.29, 1.82) is 5.26 Å². The highest BCUT2D eigenvalue weighted by Crippen LogP contribution is 2.40. The largest absolute Gasteiger partial charge is 0.493 e. The van der Waals surface area contributed by atoms with E-state index in [1.165, 1.54) is 6.08 Å². The third-order valence-corrected chi connectivity index (χ3v) is 4.84. The predicted molar refractivity (Wildman–Crippen MR) is 122 cm³/mol. The van der Waals surface area contributed by atoms with Gasteiger partial charge in [0.1, 0.15) is 30.6 Å². The Kier molecular flexibility index (Phi) is 6.41. The van der Waals surface area contributed by atoms with E-state index in [4.69, 9.17) is 18.9 Å². The summed E-state index contributed by atoms with van der Waals surface area (Å²) >= 11 is 0. The summed E-state index contributed by atoms with van der Waals surface area (Å²) in [4.78, 5) is 16.6. The maximum Gasteiger partial charge on any atom is 0.248 e. The van der Waals surface area contributed by atoms with Crippen LogP contribution < -0.4 is 24.3 Å². The van der Waals surface area contributed by atoms with Gasteiger partial charge in [0.05, 0.1) is 7.11 Å². The van der Waals surface area contributed by atoms with Crippen LogP contribution in [0, 0.1) is 18.3 Å². The van der Waals surface area contributed by atoms with Gasteiger partial charge in [-0.15, -0.1) is 0 Å². The number of methoxy groups -OCH3 is 1. The fourth-order valence-electron chi connectivity index (χ4n) is 3.24. The number of fused-ring (bicyclic) bond motifs is 1. The molecule has 33 heavy (non-hydrogen) atoms. The van der Waals surface area contributed by atoms with Crippen molar-refractivity contribution in [2.75, 3.05) is 25.6 Å². The van der Waals surface area contributed by atoms with E-state index in [2.05, 4.69) is 10.3 Å². The number of aromatic nitrogens is 1. The first kappa shape index (κ1) is 21.7. The van der Waals surface area contributed by atoms with E-state index < -0.39 is 0 Å². The average molecular weight is 443 g/mol. The van der Waals surface area contributed by atoms with Gasteiger partial charge in [0.2, 0.25) is 17.5 Å². The molecule has 0 radical (unpaired) electrons. The zero-order valence-corrected chi connectivity index (χ0v) is 18.1. The predicted octanol–water partition coefficient (Wildman–Crippen LogP) is 4.49. The molecular weight excluding hydrogens is 422 g/mol. The van der Waals surface area contributed by atoms with Gasteiger partial charge in [-0.1, -0.05) is 0 Å². The fraction of sp³-hybridized carbons (Fsp3) is 0.160. The molecule has 0 bridgehead atoms. The first-order valence-electron chi connectivity index (χ1n) is 10.2. The van der Waals surface area contributed by atoms with Crippen molar-refractivity contribution < 1.29 is 23.7 Å². The zero-order valence-electron chi connectivity index (χ0n) is 18.1. The number of hydrogen-bond acceptors (Lipinski definition) is 7. The molecule has 0 saturated heterocycles. The summed E-state index contributed by atoms with van der Waals surface area (Å²) in [7, 11) is 1.55. The van der Waals surface area contributed by atoms with Crippen LogP contribution in [-0.4, -0.2) is 31.2 Å². The maximum absolute atomic E-state index is 12.5. The van der Waals surface area contributed by atoms with E-state index in [1.54, 1.807) is 61.8 Å². The number of nitrogens with one attached hydrogen (secondary N) is 1. The number of rotatable bonds is 6. The number of carbonyl (C=O) groups is 1. The second-order valence-corrected chi connectivity index (χ2v) is 7.12. The maximum atomic E-state index is 12.5. The number of benzene rings is 2. The van der Waals surface area contributed by atoms with Gasteiger partial charge in [0.15, 0.2) is 11.5 Å². The lowest BCUT2D eigenvalue weighted by Gasteiger charge is -2.20. The molecule has 3 aromatic rings.